The van der Waals surface area contributed by atoms with Crippen LogP contribution in [0.2, 0.25) is 0 Å². The van der Waals surface area contributed by atoms with Gasteiger partial charge in [0.15, 0.2) is 0 Å². The Morgan fingerprint density at radius 2 is 2.16 bits per heavy atom. The molecule has 1 saturated carbocycles. The lowest BCUT2D eigenvalue weighted by Gasteiger charge is -2.30. The van der Waals surface area contributed by atoms with Crippen molar-refractivity contribution in [3.8, 4) is 0 Å². The molecule has 1 fully saturated rings. The van der Waals surface area contributed by atoms with E-state index in [1.54, 1.807) is 10.9 Å². The van der Waals surface area contributed by atoms with E-state index in [0.717, 1.165) is 12.1 Å². The maximum atomic E-state index is 12.3. The van der Waals surface area contributed by atoms with Gasteiger partial charge < -0.3 is 5.32 Å². The van der Waals surface area contributed by atoms with Gasteiger partial charge in [0.1, 0.15) is 0 Å². The first-order valence-electron chi connectivity index (χ1n) is 7.43. The van der Waals surface area contributed by atoms with Crippen LogP contribution in [0.4, 0.5) is 0 Å². The van der Waals surface area contributed by atoms with Gasteiger partial charge in [-0.25, -0.2) is 0 Å². The number of amides is 1. The topological polar surface area (TPSA) is 46.9 Å². The van der Waals surface area contributed by atoms with Crippen LogP contribution in [0.15, 0.2) is 6.20 Å². The molecule has 1 aliphatic rings. The average molecular weight is 263 g/mol. The van der Waals surface area contributed by atoms with Gasteiger partial charge in [-0.2, -0.15) is 5.10 Å². The zero-order valence-corrected chi connectivity index (χ0v) is 12.3. The summed E-state index contributed by atoms with van der Waals surface area (Å²) in [5, 5.41) is 7.35. The van der Waals surface area contributed by atoms with Crippen LogP contribution in [0.5, 0.6) is 0 Å². The van der Waals surface area contributed by atoms with Gasteiger partial charge in [-0.05, 0) is 32.1 Å². The molecule has 1 atom stereocenters. The first kappa shape index (κ1) is 14.1. The summed E-state index contributed by atoms with van der Waals surface area (Å²) >= 11 is 0. The monoisotopic (exact) mass is 263 g/mol. The SMILES string of the molecule is CC[C@H](NC(=O)c1cnn(C)c1C)C1CCCCC1. The zero-order valence-electron chi connectivity index (χ0n) is 12.3. The third-order valence-electron chi connectivity index (χ3n) is 4.46. The lowest BCUT2D eigenvalue weighted by atomic mass is 9.83. The van der Waals surface area contributed by atoms with Gasteiger partial charge in [0.05, 0.1) is 11.8 Å². The minimum atomic E-state index is 0.0306. The number of nitrogens with one attached hydrogen (secondary N) is 1. The second-order valence-corrected chi connectivity index (χ2v) is 5.65. The van der Waals surface area contributed by atoms with Crippen molar-refractivity contribution in [3.63, 3.8) is 0 Å². The molecule has 0 saturated heterocycles. The molecule has 1 amide bonds. The largest absolute Gasteiger partial charge is 0.349 e. The molecule has 1 aromatic rings. The van der Waals surface area contributed by atoms with Gasteiger partial charge in [-0.3, -0.25) is 9.48 Å². The maximum Gasteiger partial charge on any atom is 0.254 e. The zero-order chi connectivity index (χ0) is 13.8. The van der Waals surface area contributed by atoms with Gasteiger partial charge in [0.25, 0.3) is 5.91 Å². The molecule has 0 bridgehead atoms. The Kier molecular flexibility index (Phi) is 4.61. The molecule has 0 unspecified atom stereocenters. The lowest BCUT2D eigenvalue weighted by Crippen LogP contribution is -2.40. The fourth-order valence-corrected chi connectivity index (χ4v) is 3.06. The summed E-state index contributed by atoms with van der Waals surface area (Å²) in [5.74, 6) is 0.683. The van der Waals surface area contributed by atoms with E-state index >= 15 is 0 Å². The molecule has 1 N–H and O–H groups in total. The number of rotatable bonds is 4. The number of nitrogens with zero attached hydrogens (tertiary/aromatic N) is 2. The molecule has 1 aliphatic carbocycles. The van der Waals surface area contributed by atoms with E-state index < -0.39 is 0 Å². The molecule has 4 heteroatoms. The molecule has 106 valence electrons. The van der Waals surface area contributed by atoms with Crippen molar-refractivity contribution in [2.75, 3.05) is 0 Å². The Morgan fingerprint density at radius 1 is 1.47 bits per heavy atom. The van der Waals surface area contributed by atoms with Gasteiger partial charge >= 0.3 is 0 Å². The number of hydrogen-bond donors (Lipinski definition) is 1. The summed E-state index contributed by atoms with van der Waals surface area (Å²) in [6.45, 7) is 4.10. The Morgan fingerprint density at radius 3 is 2.68 bits per heavy atom. The minimum Gasteiger partial charge on any atom is -0.349 e. The highest BCUT2D eigenvalue weighted by Gasteiger charge is 2.25. The number of aryl methyl sites for hydroxylation is 1. The lowest BCUT2D eigenvalue weighted by molar-refractivity contribution is 0.0910. The first-order chi connectivity index (χ1) is 9.13. The predicted octanol–water partition coefficient (Wildman–Crippen LogP) is 2.82. The Balaban J connectivity index is 2.01. The van der Waals surface area contributed by atoms with E-state index in [1.165, 1.54) is 32.1 Å². The van der Waals surface area contributed by atoms with E-state index in [4.69, 9.17) is 0 Å². The van der Waals surface area contributed by atoms with Crippen LogP contribution in [0.3, 0.4) is 0 Å². The Bertz CT molecular complexity index is 433. The van der Waals surface area contributed by atoms with Crippen molar-refractivity contribution >= 4 is 5.91 Å². The molecule has 4 nitrogen and oxygen atoms in total. The molecule has 2 rings (SSSR count). The quantitative estimate of drug-likeness (QED) is 0.908. The maximum absolute atomic E-state index is 12.3. The minimum absolute atomic E-state index is 0.0306. The second-order valence-electron chi connectivity index (χ2n) is 5.65. The first-order valence-corrected chi connectivity index (χ1v) is 7.43. The average Bonchev–Trinajstić information content (AvgIpc) is 2.77. The summed E-state index contributed by atoms with van der Waals surface area (Å²) in [5.41, 5.74) is 1.63. The molecule has 0 radical (unpaired) electrons. The van der Waals surface area contributed by atoms with Crippen molar-refractivity contribution in [2.45, 2.75) is 58.4 Å². The van der Waals surface area contributed by atoms with Crippen molar-refractivity contribution < 1.29 is 4.79 Å². The molecule has 0 aliphatic heterocycles. The summed E-state index contributed by atoms with van der Waals surface area (Å²) < 4.78 is 1.75. The number of carbonyl (C=O) groups is 1. The third kappa shape index (κ3) is 3.17. The Hall–Kier alpha value is -1.32. The number of carbonyl (C=O) groups excluding carboxylic acids is 1. The fourth-order valence-electron chi connectivity index (χ4n) is 3.06. The second kappa shape index (κ2) is 6.22. The van der Waals surface area contributed by atoms with E-state index in [-0.39, 0.29) is 5.91 Å². The van der Waals surface area contributed by atoms with E-state index in [9.17, 15) is 4.79 Å². The predicted molar refractivity (Wildman–Crippen MR) is 76.1 cm³/mol. The number of aromatic nitrogens is 2. The summed E-state index contributed by atoms with van der Waals surface area (Å²) in [4.78, 5) is 12.3. The van der Waals surface area contributed by atoms with E-state index in [2.05, 4.69) is 17.3 Å². The van der Waals surface area contributed by atoms with Crippen LogP contribution in [0, 0.1) is 12.8 Å². The smallest absolute Gasteiger partial charge is 0.254 e. The van der Waals surface area contributed by atoms with Crippen LogP contribution in [0.25, 0.3) is 0 Å². The van der Waals surface area contributed by atoms with Crippen LogP contribution < -0.4 is 5.32 Å². The van der Waals surface area contributed by atoms with Gasteiger partial charge in [-0.15, -0.1) is 0 Å². The van der Waals surface area contributed by atoms with Gasteiger partial charge in [0, 0.05) is 18.8 Å². The van der Waals surface area contributed by atoms with Gasteiger partial charge in [-0.1, -0.05) is 26.2 Å². The summed E-state index contributed by atoms with van der Waals surface area (Å²) in [6, 6.07) is 0.312. The van der Waals surface area contributed by atoms with E-state index in [1.807, 2.05) is 14.0 Å². The molecular weight excluding hydrogens is 238 g/mol. The van der Waals surface area contributed by atoms with Crippen LogP contribution in [-0.4, -0.2) is 21.7 Å². The fraction of sp³-hybridized carbons (Fsp3) is 0.733. The molecule has 0 spiro atoms. The van der Waals surface area contributed by atoms with Crippen LogP contribution in [0.1, 0.15) is 61.5 Å². The normalized spacial score (nSPS) is 18.3. The van der Waals surface area contributed by atoms with Gasteiger partial charge in [0.2, 0.25) is 0 Å². The van der Waals surface area contributed by atoms with Crippen molar-refractivity contribution in [2.24, 2.45) is 13.0 Å². The summed E-state index contributed by atoms with van der Waals surface area (Å²) in [6.07, 6.45) is 9.15. The molecule has 19 heavy (non-hydrogen) atoms. The highest BCUT2D eigenvalue weighted by Crippen LogP contribution is 2.27. The van der Waals surface area contributed by atoms with Crippen molar-refractivity contribution in [1.29, 1.82) is 0 Å². The summed E-state index contributed by atoms with van der Waals surface area (Å²) in [7, 11) is 1.87. The number of hydrogen-bond acceptors (Lipinski definition) is 2. The highest BCUT2D eigenvalue weighted by molar-refractivity contribution is 5.95. The van der Waals surface area contributed by atoms with E-state index in [0.29, 0.717) is 17.5 Å². The van der Waals surface area contributed by atoms with Crippen molar-refractivity contribution in [1.82, 2.24) is 15.1 Å². The standard InChI is InChI=1S/C15H25N3O/c1-4-14(12-8-6-5-7-9-12)17-15(19)13-10-16-18(3)11(13)2/h10,12,14H,4-9H2,1-3H3,(H,17,19)/t14-/m0/s1. The van der Waals surface area contributed by atoms with Crippen LogP contribution >= 0.6 is 0 Å². The van der Waals surface area contributed by atoms with Crippen LogP contribution in [-0.2, 0) is 7.05 Å². The Labute approximate surface area is 115 Å². The molecule has 1 heterocycles. The molecular formula is C15H25N3O. The highest BCUT2D eigenvalue weighted by atomic mass is 16.1. The molecule has 0 aromatic carbocycles. The third-order valence-corrected chi connectivity index (χ3v) is 4.46. The van der Waals surface area contributed by atoms with Crippen molar-refractivity contribution in [3.05, 3.63) is 17.5 Å². The molecule has 1 aromatic heterocycles.